The third-order valence-electron chi connectivity index (χ3n) is 25.5. The number of hydrogen-bond acceptors (Lipinski definition) is 0. The largest absolute Gasteiger partial charge is 0.0703 e. The van der Waals surface area contributed by atoms with E-state index in [4.69, 9.17) is 0 Å². The molecule has 0 heterocycles. The van der Waals surface area contributed by atoms with Gasteiger partial charge in [0.25, 0.3) is 0 Å². The maximum atomic E-state index is 3.01. The first-order chi connectivity index (χ1) is 37.7. The quantitative estimate of drug-likeness (QED) is 0.0669. The van der Waals surface area contributed by atoms with E-state index in [2.05, 4.69) is 208 Å². The highest BCUT2D eigenvalue weighted by Gasteiger charge is 2.60. The molecular weight excluding hydrogens is 969 g/mol. The van der Waals surface area contributed by atoms with Crippen LogP contribution in [0.4, 0.5) is 0 Å². The van der Waals surface area contributed by atoms with E-state index in [0.29, 0.717) is 0 Å². The van der Waals surface area contributed by atoms with Crippen molar-refractivity contribution in [3.63, 3.8) is 0 Å². The second kappa shape index (κ2) is 21.2. The minimum absolute atomic E-state index is 0.0990. The van der Waals surface area contributed by atoms with Gasteiger partial charge in [-0.3, -0.25) is 0 Å². The maximum absolute atomic E-state index is 3.01. The highest BCUT2D eigenvalue weighted by atomic mass is 28.9. The normalized spacial score (nSPS) is 20.4. The van der Waals surface area contributed by atoms with Crippen LogP contribution in [0.5, 0.6) is 0 Å². The van der Waals surface area contributed by atoms with Crippen LogP contribution in [0.25, 0.3) is 21.5 Å². The Balaban J connectivity index is 1.67. The highest BCUT2D eigenvalue weighted by Crippen LogP contribution is 2.64. The summed E-state index contributed by atoms with van der Waals surface area (Å²) < 4.78 is 0. The molecule has 10 rings (SSSR count). The van der Waals surface area contributed by atoms with Gasteiger partial charge in [-0.2, -0.15) is 0 Å². The summed E-state index contributed by atoms with van der Waals surface area (Å²) >= 11 is 0. The molecule has 0 bridgehead atoms. The molecule has 0 aliphatic heterocycles. The van der Waals surface area contributed by atoms with Gasteiger partial charge in [0, 0.05) is 0 Å². The molecule has 0 saturated heterocycles. The lowest BCUT2D eigenvalue weighted by Gasteiger charge is -2.39. The van der Waals surface area contributed by atoms with Crippen molar-refractivity contribution in [1.29, 1.82) is 0 Å². The molecule has 4 aliphatic carbocycles. The van der Waals surface area contributed by atoms with Gasteiger partial charge in [-0.1, -0.05) is 208 Å². The average Bonchev–Trinajstić information content (AvgIpc) is 3.02. The fraction of sp³-hybridized carbons (Fsp3) is 0.579. The van der Waals surface area contributed by atoms with E-state index >= 15 is 0 Å². The lowest BCUT2D eigenvalue weighted by Crippen LogP contribution is -2.58. The summed E-state index contributed by atoms with van der Waals surface area (Å²) in [6, 6.07) is 41.1. The van der Waals surface area contributed by atoms with E-state index in [1.54, 1.807) is 32.6 Å². The zero-order valence-corrected chi connectivity index (χ0v) is 54.4. The Hall–Kier alpha value is -3.73. The Morgan fingerprint density at radius 2 is 0.487 bits per heavy atom. The van der Waals surface area contributed by atoms with Crippen molar-refractivity contribution in [1.82, 2.24) is 0 Å². The molecule has 2 heteroatoms. The summed E-state index contributed by atoms with van der Waals surface area (Å²) in [5, 5.41) is 13.2. The predicted molar refractivity (Wildman–Crippen MR) is 347 cm³/mol. The van der Waals surface area contributed by atoms with Crippen LogP contribution in [0.1, 0.15) is 284 Å². The zero-order valence-electron chi connectivity index (χ0n) is 52.4. The standard InChI is InChI=1S/C76H104Si2/c1-17-69(18-2)49-73(25-9,26-10)63-57(69)47-58-64(74(27-11,28-12)50-70(58,19-3)20-4)67(63)77(61-45-37-41-53-39-33-35-43-55(53)61)78(62-46-38-42-54-40-34-36-44-56(54)62)68-65-59(71(21-5,22-6)51-75(65,29-13)30-14)48-60-66(68)76(31-15,32-16)52-72(60,23-7)24-8/h33-48H,17-32,49-52H2,1-16H3. The van der Waals surface area contributed by atoms with Gasteiger partial charge in [0.2, 0.25) is 0 Å². The van der Waals surface area contributed by atoms with Crippen LogP contribution in [0.3, 0.4) is 0 Å². The van der Waals surface area contributed by atoms with Gasteiger partial charge in [0.15, 0.2) is 0 Å². The number of benzene rings is 6. The smallest absolute Gasteiger partial charge is 0.0645 e. The van der Waals surface area contributed by atoms with Crippen LogP contribution in [-0.2, 0) is 43.3 Å². The summed E-state index contributed by atoms with van der Waals surface area (Å²) in [5.74, 6) is 0. The van der Waals surface area contributed by atoms with E-state index in [9.17, 15) is 0 Å². The maximum Gasteiger partial charge on any atom is 0.0703 e. The van der Waals surface area contributed by atoms with Gasteiger partial charge in [0.1, 0.15) is 0 Å². The summed E-state index contributed by atoms with van der Waals surface area (Å²) in [6.07, 6.45) is 24.4. The molecule has 78 heavy (non-hydrogen) atoms. The van der Waals surface area contributed by atoms with E-state index in [-0.39, 0.29) is 43.3 Å². The van der Waals surface area contributed by atoms with E-state index in [1.165, 1.54) is 150 Å². The van der Waals surface area contributed by atoms with Crippen molar-refractivity contribution in [2.45, 2.75) is 283 Å². The second-order valence-electron chi connectivity index (χ2n) is 26.6. The van der Waals surface area contributed by atoms with Gasteiger partial charge in [0.05, 0.1) is 15.8 Å². The fourth-order valence-corrected chi connectivity index (χ4v) is 31.3. The van der Waals surface area contributed by atoms with Crippen LogP contribution in [0, 0.1) is 0 Å². The SMILES string of the molecule is CCC1(CC)CC(CC)(CC)c2c1cc1c(c2[Si](c2cccc3ccccc23)=[Si](c2c3c(cc4c2C(CC)(CC)CC4(CC)CC)C(CC)(CC)CC3(CC)CC)c2cccc3ccccc23)C(CC)(CC)CC1(CC)CC. The summed E-state index contributed by atoms with van der Waals surface area (Å²) in [5.41, 5.74) is 15.7. The molecule has 0 fully saturated rings. The molecule has 0 spiro atoms. The van der Waals surface area contributed by atoms with Crippen LogP contribution in [0.15, 0.2) is 97.1 Å². The van der Waals surface area contributed by atoms with E-state index in [1.807, 2.05) is 32.6 Å². The monoisotopic (exact) mass is 1070 g/mol. The van der Waals surface area contributed by atoms with Crippen LogP contribution in [-0.4, -0.2) is 15.8 Å². The minimum Gasteiger partial charge on any atom is -0.0645 e. The molecule has 0 saturated carbocycles. The van der Waals surface area contributed by atoms with Crippen LogP contribution < -0.4 is 20.7 Å². The number of fused-ring (bicyclic) bond motifs is 6. The molecule has 0 nitrogen and oxygen atoms in total. The molecule has 0 N–H and O–H groups in total. The first-order valence-corrected chi connectivity index (χ1v) is 36.8. The van der Waals surface area contributed by atoms with E-state index < -0.39 is 15.8 Å². The average molecular weight is 1070 g/mol. The predicted octanol–water partition coefficient (Wildman–Crippen LogP) is 19.1. The molecule has 4 aliphatic rings. The van der Waals surface area contributed by atoms with Crippen molar-refractivity contribution in [3.8, 4) is 0 Å². The number of rotatable bonds is 20. The summed E-state index contributed by atoms with van der Waals surface area (Å²) in [6.45, 7) is 41.6. The summed E-state index contributed by atoms with van der Waals surface area (Å²) in [7, 11) is -3.58. The van der Waals surface area contributed by atoms with Gasteiger partial charge < -0.3 is 0 Å². The second-order valence-corrected chi connectivity index (χ2v) is 33.2. The molecule has 6 aromatic carbocycles. The molecule has 0 aromatic heterocycles. The fourth-order valence-electron chi connectivity index (χ4n) is 19.7. The number of hydrogen-bond donors (Lipinski definition) is 0. The Kier molecular flexibility index (Phi) is 15.7. The Morgan fingerprint density at radius 3 is 0.718 bits per heavy atom. The minimum atomic E-state index is -1.79. The molecule has 0 amide bonds. The van der Waals surface area contributed by atoms with Gasteiger partial charge in [-0.15, -0.1) is 0 Å². The van der Waals surface area contributed by atoms with Crippen molar-refractivity contribution >= 4 is 58.1 Å². The first-order valence-electron chi connectivity index (χ1n) is 32.8. The van der Waals surface area contributed by atoms with Crippen molar-refractivity contribution < 1.29 is 0 Å². The molecule has 0 unspecified atom stereocenters. The Bertz CT molecular complexity index is 2880. The third-order valence-corrected chi connectivity index (χ3v) is 34.5. The molecular formula is C76H104Si2. The van der Waals surface area contributed by atoms with Gasteiger partial charge in [-0.05, 0) is 259 Å². The Morgan fingerprint density at radius 1 is 0.269 bits per heavy atom. The van der Waals surface area contributed by atoms with Gasteiger partial charge in [-0.25, -0.2) is 0 Å². The zero-order chi connectivity index (χ0) is 55.8. The highest BCUT2D eigenvalue weighted by molar-refractivity contribution is 7.20. The molecule has 0 atom stereocenters. The lowest BCUT2D eigenvalue weighted by atomic mass is 9.70. The van der Waals surface area contributed by atoms with Crippen LogP contribution in [0.2, 0.25) is 0 Å². The van der Waals surface area contributed by atoms with Crippen molar-refractivity contribution in [2.75, 3.05) is 0 Å². The molecule has 0 radical (unpaired) electrons. The third kappa shape index (κ3) is 7.71. The van der Waals surface area contributed by atoms with Crippen molar-refractivity contribution in [3.05, 3.63) is 142 Å². The van der Waals surface area contributed by atoms with Gasteiger partial charge >= 0.3 is 0 Å². The Labute approximate surface area is 479 Å². The lowest BCUT2D eigenvalue weighted by molar-refractivity contribution is 0.278. The molecule has 416 valence electrons. The van der Waals surface area contributed by atoms with E-state index in [0.717, 1.165) is 0 Å². The first kappa shape index (κ1) is 57.5. The van der Waals surface area contributed by atoms with Crippen molar-refractivity contribution in [2.24, 2.45) is 0 Å². The topological polar surface area (TPSA) is 0 Å². The van der Waals surface area contributed by atoms with Crippen LogP contribution >= 0.6 is 0 Å². The summed E-state index contributed by atoms with van der Waals surface area (Å²) in [4.78, 5) is 0. The molecule has 6 aromatic rings.